The molecule has 0 saturated heterocycles. The fourth-order valence-corrected chi connectivity index (χ4v) is 2.71. The zero-order valence-corrected chi connectivity index (χ0v) is 12.9. The monoisotopic (exact) mass is 291 g/mol. The van der Waals surface area contributed by atoms with Gasteiger partial charge in [0.2, 0.25) is 0 Å². The first-order valence-electron chi connectivity index (χ1n) is 7.77. The predicted octanol–water partition coefficient (Wildman–Crippen LogP) is 3.16. The van der Waals surface area contributed by atoms with E-state index in [1.54, 1.807) is 20.1 Å². The lowest BCUT2D eigenvalue weighted by molar-refractivity contribution is -0.127. The molecule has 0 unspecified atom stereocenters. The maximum absolute atomic E-state index is 12.1. The van der Waals surface area contributed by atoms with E-state index < -0.39 is 6.10 Å². The standard InChI is InChI=1S/C17H25NO3/c1-13(21-16-10-6-9-15(11-16)20-2)17(19)18-12-14-7-4-3-5-8-14/h6,9-11,13-14H,3-5,7-8,12H2,1-2H3,(H,18,19)/t13-/m1/s1. The highest BCUT2D eigenvalue weighted by Crippen LogP contribution is 2.23. The first kappa shape index (κ1) is 15.7. The minimum atomic E-state index is -0.499. The molecule has 1 amide bonds. The number of hydrogen-bond acceptors (Lipinski definition) is 3. The number of rotatable bonds is 6. The van der Waals surface area contributed by atoms with Gasteiger partial charge in [-0.1, -0.05) is 25.3 Å². The molecule has 0 heterocycles. The summed E-state index contributed by atoms with van der Waals surface area (Å²) >= 11 is 0. The number of methoxy groups -OCH3 is 1. The molecule has 0 bridgehead atoms. The van der Waals surface area contributed by atoms with E-state index in [-0.39, 0.29) is 5.91 Å². The van der Waals surface area contributed by atoms with Crippen LogP contribution < -0.4 is 14.8 Å². The van der Waals surface area contributed by atoms with Crippen LogP contribution >= 0.6 is 0 Å². The quantitative estimate of drug-likeness (QED) is 0.876. The lowest BCUT2D eigenvalue weighted by Crippen LogP contribution is -2.39. The number of nitrogens with one attached hydrogen (secondary N) is 1. The minimum absolute atomic E-state index is 0.0524. The van der Waals surface area contributed by atoms with Crippen molar-refractivity contribution in [1.29, 1.82) is 0 Å². The van der Waals surface area contributed by atoms with Crippen molar-refractivity contribution in [2.24, 2.45) is 5.92 Å². The Bertz CT molecular complexity index is 455. The second-order valence-corrected chi connectivity index (χ2v) is 5.69. The molecule has 21 heavy (non-hydrogen) atoms. The van der Waals surface area contributed by atoms with Gasteiger partial charge in [-0.25, -0.2) is 0 Å². The van der Waals surface area contributed by atoms with Gasteiger partial charge < -0.3 is 14.8 Å². The van der Waals surface area contributed by atoms with Crippen molar-refractivity contribution in [3.63, 3.8) is 0 Å². The molecule has 1 aromatic rings. The van der Waals surface area contributed by atoms with Gasteiger partial charge in [0.15, 0.2) is 6.10 Å². The zero-order valence-electron chi connectivity index (χ0n) is 12.9. The van der Waals surface area contributed by atoms with Crippen LogP contribution in [0, 0.1) is 5.92 Å². The molecular formula is C17H25NO3. The van der Waals surface area contributed by atoms with Gasteiger partial charge in [-0.3, -0.25) is 4.79 Å². The minimum Gasteiger partial charge on any atom is -0.497 e. The first-order valence-corrected chi connectivity index (χ1v) is 7.77. The Labute approximate surface area is 126 Å². The Kier molecular flexibility index (Phi) is 5.90. The highest BCUT2D eigenvalue weighted by atomic mass is 16.5. The SMILES string of the molecule is COc1cccc(O[C@H](C)C(=O)NCC2CCCCC2)c1. The van der Waals surface area contributed by atoms with Crippen LogP contribution in [0.1, 0.15) is 39.0 Å². The van der Waals surface area contributed by atoms with Crippen molar-refractivity contribution in [2.45, 2.75) is 45.1 Å². The molecule has 1 fully saturated rings. The van der Waals surface area contributed by atoms with Crippen LogP contribution in [0.3, 0.4) is 0 Å². The van der Waals surface area contributed by atoms with Crippen molar-refractivity contribution in [2.75, 3.05) is 13.7 Å². The Morgan fingerprint density at radius 1 is 1.29 bits per heavy atom. The predicted molar refractivity (Wildman–Crippen MR) is 82.7 cm³/mol. The normalized spacial score (nSPS) is 17.0. The average molecular weight is 291 g/mol. The summed E-state index contributed by atoms with van der Waals surface area (Å²) in [4.78, 5) is 12.1. The van der Waals surface area contributed by atoms with Gasteiger partial charge in [0.05, 0.1) is 7.11 Å². The molecule has 2 rings (SSSR count). The van der Waals surface area contributed by atoms with Gasteiger partial charge in [-0.05, 0) is 37.8 Å². The molecule has 0 radical (unpaired) electrons. The van der Waals surface area contributed by atoms with Crippen LogP contribution in [0.5, 0.6) is 11.5 Å². The third kappa shape index (κ3) is 4.96. The molecule has 0 aliphatic heterocycles. The molecule has 1 N–H and O–H groups in total. The maximum atomic E-state index is 12.1. The summed E-state index contributed by atoms with van der Waals surface area (Å²) in [5.41, 5.74) is 0. The van der Waals surface area contributed by atoms with Crippen LogP contribution in [-0.2, 0) is 4.79 Å². The number of carbonyl (C=O) groups is 1. The van der Waals surface area contributed by atoms with E-state index in [0.29, 0.717) is 11.7 Å². The first-order chi connectivity index (χ1) is 10.2. The van der Waals surface area contributed by atoms with E-state index in [1.807, 2.05) is 18.2 Å². The number of hydrogen-bond donors (Lipinski definition) is 1. The summed E-state index contributed by atoms with van der Waals surface area (Å²) in [6.45, 7) is 2.54. The van der Waals surface area contributed by atoms with Crippen LogP contribution in [0.2, 0.25) is 0 Å². The zero-order chi connectivity index (χ0) is 15.1. The van der Waals surface area contributed by atoms with Crippen LogP contribution in [-0.4, -0.2) is 25.7 Å². The topological polar surface area (TPSA) is 47.6 Å². The number of ether oxygens (including phenoxy) is 2. The third-order valence-corrected chi connectivity index (χ3v) is 4.01. The summed E-state index contributed by atoms with van der Waals surface area (Å²) < 4.78 is 10.8. The summed E-state index contributed by atoms with van der Waals surface area (Å²) in [5, 5.41) is 3.01. The van der Waals surface area contributed by atoms with E-state index in [0.717, 1.165) is 12.3 Å². The van der Waals surface area contributed by atoms with Gasteiger partial charge in [-0.15, -0.1) is 0 Å². The Balaban J connectivity index is 1.78. The summed E-state index contributed by atoms with van der Waals surface area (Å²) in [5.74, 6) is 1.95. The van der Waals surface area contributed by atoms with Crippen molar-refractivity contribution < 1.29 is 14.3 Å². The number of carbonyl (C=O) groups excluding carboxylic acids is 1. The van der Waals surface area contributed by atoms with Gasteiger partial charge in [0, 0.05) is 12.6 Å². The van der Waals surface area contributed by atoms with Gasteiger partial charge >= 0.3 is 0 Å². The lowest BCUT2D eigenvalue weighted by Gasteiger charge is -2.23. The molecule has 4 nitrogen and oxygen atoms in total. The lowest BCUT2D eigenvalue weighted by atomic mass is 9.89. The smallest absolute Gasteiger partial charge is 0.260 e. The van der Waals surface area contributed by atoms with Crippen LogP contribution in [0.4, 0.5) is 0 Å². The number of benzene rings is 1. The summed E-state index contributed by atoms with van der Waals surface area (Å²) in [7, 11) is 1.61. The molecule has 116 valence electrons. The van der Waals surface area contributed by atoms with E-state index in [2.05, 4.69) is 5.32 Å². The Hall–Kier alpha value is -1.71. The van der Waals surface area contributed by atoms with E-state index in [4.69, 9.17) is 9.47 Å². The molecular weight excluding hydrogens is 266 g/mol. The Morgan fingerprint density at radius 2 is 2.00 bits per heavy atom. The van der Waals surface area contributed by atoms with Gasteiger partial charge in [0.25, 0.3) is 5.91 Å². The van der Waals surface area contributed by atoms with Crippen molar-refractivity contribution in [1.82, 2.24) is 5.32 Å². The third-order valence-electron chi connectivity index (χ3n) is 4.01. The van der Waals surface area contributed by atoms with Crippen molar-refractivity contribution >= 4 is 5.91 Å². The van der Waals surface area contributed by atoms with E-state index in [9.17, 15) is 4.79 Å². The average Bonchev–Trinajstić information content (AvgIpc) is 2.53. The largest absolute Gasteiger partial charge is 0.497 e. The molecule has 1 saturated carbocycles. The van der Waals surface area contributed by atoms with Crippen molar-refractivity contribution in [3.8, 4) is 11.5 Å². The molecule has 1 aliphatic carbocycles. The van der Waals surface area contributed by atoms with Crippen molar-refractivity contribution in [3.05, 3.63) is 24.3 Å². The summed E-state index contributed by atoms with van der Waals surface area (Å²) in [6, 6.07) is 7.31. The molecule has 0 aromatic heterocycles. The van der Waals surface area contributed by atoms with Crippen LogP contribution in [0.25, 0.3) is 0 Å². The Morgan fingerprint density at radius 3 is 2.71 bits per heavy atom. The second kappa shape index (κ2) is 7.91. The number of amides is 1. The molecule has 1 aromatic carbocycles. The second-order valence-electron chi connectivity index (χ2n) is 5.69. The van der Waals surface area contributed by atoms with E-state index >= 15 is 0 Å². The fourth-order valence-electron chi connectivity index (χ4n) is 2.71. The maximum Gasteiger partial charge on any atom is 0.260 e. The van der Waals surface area contributed by atoms with E-state index in [1.165, 1.54) is 32.1 Å². The van der Waals surface area contributed by atoms with Crippen LogP contribution in [0.15, 0.2) is 24.3 Å². The molecule has 1 aliphatic rings. The highest BCUT2D eigenvalue weighted by molar-refractivity contribution is 5.80. The van der Waals surface area contributed by atoms with Gasteiger partial charge in [-0.2, -0.15) is 0 Å². The molecule has 0 spiro atoms. The fraction of sp³-hybridized carbons (Fsp3) is 0.588. The molecule has 4 heteroatoms. The van der Waals surface area contributed by atoms with Gasteiger partial charge in [0.1, 0.15) is 11.5 Å². The molecule has 1 atom stereocenters. The summed E-state index contributed by atoms with van der Waals surface area (Å²) in [6.07, 6.45) is 5.87. The highest BCUT2D eigenvalue weighted by Gasteiger charge is 2.18.